The van der Waals surface area contributed by atoms with Gasteiger partial charge in [0.1, 0.15) is 5.76 Å². The number of halogens is 2. The van der Waals surface area contributed by atoms with Gasteiger partial charge in [0.05, 0.1) is 17.0 Å². The van der Waals surface area contributed by atoms with Gasteiger partial charge in [0.25, 0.3) is 0 Å². The summed E-state index contributed by atoms with van der Waals surface area (Å²) < 4.78 is 5.30. The lowest BCUT2D eigenvalue weighted by atomic mass is 10.2. The van der Waals surface area contributed by atoms with Crippen molar-refractivity contribution in [3.8, 4) is 0 Å². The van der Waals surface area contributed by atoms with Gasteiger partial charge in [-0.3, -0.25) is 0 Å². The van der Waals surface area contributed by atoms with Crippen molar-refractivity contribution in [2.75, 3.05) is 5.32 Å². The van der Waals surface area contributed by atoms with Crippen LogP contribution in [0.2, 0.25) is 10.0 Å². The second kappa shape index (κ2) is 5.48. The number of nitrogens with one attached hydrogen (secondary N) is 1. The standard InChI is InChI=1S/C13H13Cl2NO/c1-9(7-11-3-2-6-17-11)16-13-5-4-10(14)8-12(13)15/h2-6,8-9,16H,7H2,1H3. The Morgan fingerprint density at radius 3 is 2.76 bits per heavy atom. The van der Waals surface area contributed by atoms with Gasteiger partial charge >= 0.3 is 0 Å². The van der Waals surface area contributed by atoms with Crippen LogP contribution in [0.5, 0.6) is 0 Å². The zero-order chi connectivity index (χ0) is 12.3. The molecule has 1 heterocycles. The second-order valence-corrected chi connectivity index (χ2v) is 4.80. The summed E-state index contributed by atoms with van der Waals surface area (Å²) in [5, 5.41) is 4.59. The normalized spacial score (nSPS) is 12.4. The molecule has 2 aromatic rings. The summed E-state index contributed by atoms with van der Waals surface area (Å²) in [5.74, 6) is 0.954. The van der Waals surface area contributed by atoms with Crippen molar-refractivity contribution in [2.24, 2.45) is 0 Å². The predicted molar refractivity (Wildman–Crippen MR) is 72.0 cm³/mol. The Kier molecular flexibility index (Phi) is 3.97. The van der Waals surface area contributed by atoms with E-state index in [1.54, 1.807) is 12.3 Å². The molecule has 0 fully saturated rings. The highest BCUT2D eigenvalue weighted by Crippen LogP contribution is 2.26. The van der Waals surface area contributed by atoms with Gasteiger partial charge in [-0.2, -0.15) is 0 Å². The molecule has 1 atom stereocenters. The summed E-state index contributed by atoms with van der Waals surface area (Å²) in [5.41, 5.74) is 0.884. The average Bonchev–Trinajstić information content (AvgIpc) is 2.75. The molecular weight excluding hydrogens is 257 g/mol. The quantitative estimate of drug-likeness (QED) is 0.876. The summed E-state index contributed by atoms with van der Waals surface area (Å²) in [6.45, 7) is 2.08. The van der Waals surface area contributed by atoms with Gasteiger partial charge in [-0.1, -0.05) is 23.2 Å². The first-order valence-electron chi connectivity index (χ1n) is 5.39. The molecule has 0 saturated heterocycles. The third kappa shape index (κ3) is 3.42. The number of hydrogen-bond donors (Lipinski definition) is 1. The maximum Gasteiger partial charge on any atom is 0.105 e. The molecule has 4 heteroatoms. The fraction of sp³-hybridized carbons (Fsp3) is 0.231. The van der Waals surface area contributed by atoms with Crippen LogP contribution in [0.1, 0.15) is 12.7 Å². The van der Waals surface area contributed by atoms with Gasteiger partial charge in [-0.25, -0.2) is 0 Å². The number of anilines is 1. The van der Waals surface area contributed by atoms with E-state index >= 15 is 0 Å². The monoisotopic (exact) mass is 269 g/mol. The Morgan fingerprint density at radius 1 is 1.29 bits per heavy atom. The Labute approximate surface area is 111 Å². The highest BCUT2D eigenvalue weighted by molar-refractivity contribution is 6.36. The molecule has 1 aromatic heterocycles. The molecule has 0 amide bonds. The van der Waals surface area contributed by atoms with E-state index in [-0.39, 0.29) is 6.04 Å². The van der Waals surface area contributed by atoms with Gasteiger partial charge in [0, 0.05) is 17.5 Å². The van der Waals surface area contributed by atoms with Crippen molar-refractivity contribution >= 4 is 28.9 Å². The van der Waals surface area contributed by atoms with Crippen LogP contribution >= 0.6 is 23.2 Å². The van der Waals surface area contributed by atoms with Crippen molar-refractivity contribution in [2.45, 2.75) is 19.4 Å². The minimum Gasteiger partial charge on any atom is -0.469 e. The molecule has 0 radical (unpaired) electrons. The van der Waals surface area contributed by atoms with Crippen molar-refractivity contribution < 1.29 is 4.42 Å². The van der Waals surface area contributed by atoms with E-state index in [0.29, 0.717) is 10.0 Å². The Morgan fingerprint density at radius 2 is 2.12 bits per heavy atom. The van der Waals surface area contributed by atoms with E-state index in [1.165, 1.54) is 0 Å². The SMILES string of the molecule is CC(Cc1ccco1)Nc1ccc(Cl)cc1Cl. The number of rotatable bonds is 4. The lowest BCUT2D eigenvalue weighted by Crippen LogP contribution is -2.17. The molecule has 90 valence electrons. The molecule has 0 aliphatic rings. The third-order valence-corrected chi connectivity index (χ3v) is 2.97. The number of furan rings is 1. The molecule has 2 nitrogen and oxygen atoms in total. The molecule has 0 spiro atoms. The Balaban J connectivity index is 2.00. The van der Waals surface area contributed by atoms with Crippen LogP contribution in [-0.2, 0) is 6.42 Å². The van der Waals surface area contributed by atoms with Crippen molar-refractivity contribution in [3.05, 3.63) is 52.4 Å². The van der Waals surface area contributed by atoms with Crippen molar-refractivity contribution in [3.63, 3.8) is 0 Å². The van der Waals surface area contributed by atoms with Crippen molar-refractivity contribution in [1.29, 1.82) is 0 Å². The second-order valence-electron chi connectivity index (χ2n) is 3.95. The van der Waals surface area contributed by atoms with Crippen LogP contribution in [0.3, 0.4) is 0 Å². The summed E-state index contributed by atoms with van der Waals surface area (Å²) in [7, 11) is 0. The summed E-state index contributed by atoms with van der Waals surface area (Å²) in [4.78, 5) is 0. The zero-order valence-electron chi connectivity index (χ0n) is 9.41. The molecule has 1 unspecified atom stereocenters. The first kappa shape index (κ1) is 12.3. The van der Waals surface area contributed by atoms with Gasteiger partial charge < -0.3 is 9.73 Å². The predicted octanol–water partition coefficient (Wildman–Crippen LogP) is 4.63. The number of benzene rings is 1. The summed E-state index contributed by atoms with van der Waals surface area (Å²) >= 11 is 11.9. The van der Waals surface area contributed by atoms with E-state index < -0.39 is 0 Å². The van der Waals surface area contributed by atoms with Gasteiger partial charge in [0.15, 0.2) is 0 Å². The van der Waals surface area contributed by atoms with Gasteiger partial charge in [-0.15, -0.1) is 0 Å². The molecule has 0 bridgehead atoms. The molecule has 0 aliphatic carbocycles. The molecule has 0 saturated carbocycles. The lowest BCUT2D eigenvalue weighted by molar-refractivity contribution is 0.498. The Bertz CT molecular complexity index is 482. The molecule has 0 aliphatic heterocycles. The van der Waals surface area contributed by atoms with Crippen LogP contribution in [0.4, 0.5) is 5.69 Å². The van der Waals surface area contributed by atoms with E-state index in [2.05, 4.69) is 12.2 Å². The van der Waals surface area contributed by atoms with E-state index in [4.69, 9.17) is 27.6 Å². The minimum atomic E-state index is 0.236. The minimum absolute atomic E-state index is 0.236. The maximum atomic E-state index is 6.09. The van der Waals surface area contributed by atoms with Crippen molar-refractivity contribution in [1.82, 2.24) is 0 Å². The largest absolute Gasteiger partial charge is 0.469 e. The zero-order valence-corrected chi connectivity index (χ0v) is 10.9. The van der Waals surface area contributed by atoms with Crippen LogP contribution in [0.15, 0.2) is 41.0 Å². The average molecular weight is 270 g/mol. The van der Waals surface area contributed by atoms with Crippen LogP contribution in [0, 0.1) is 0 Å². The van der Waals surface area contributed by atoms with E-state index in [1.807, 2.05) is 24.3 Å². The van der Waals surface area contributed by atoms with Gasteiger partial charge in [0.2, 0.25) is 0 Å². The Hall–Kier alpha value is -1.12. The smallest absolute Gasteiger partial charge is 0.105 e. The molecule has 2 rings (SSSR count). The van der Waals surface area contributed by atoms with E-state index in [0.717, 1.165) is 17.9 Å². The third-order valence-electron chi connectivity index (χ3n) is 2.42. The van der Waals surface area contributed by atoms with Crippen LogP contribution < -0.4 is 5.32 Å². The summed E-state index contributed by atoms with van der Waals surface area (Å²) in [6.07, 6.45) is 2.49. The van der Waals surface area contributed by atoms with E-state index in [9.17, 15) is 0 Å². The highest BCUT2D eigenvalue weighted by Gasteiger charge is 2.08. The fourth-order valence-electron chi connectivity index (χ4n) is 1.65. The number of hydrogen-bond acceptors (Lipinski definition) is 2. The molecular formula is C13H13Cl2NO. The van der Waals surface area contributed by atoms with Gasteiger partial charge in [-0.05, 0) is 37.3 Å². The van der Waals surface area contributed by atoms with Crippen LogP contribution in [0.25, 0.3) is 0 Å². The molecule has 17 heavy (non-hydrogen) atoms. The molecule has 1 N–H and O–H groups in total. The topological polar surface area (TPSA) is 25.2 Å². The maximum absolute atomic E-state index is 6.09. The first-order chi connectivity index (χ1) is 8.15. The lowest BCUT2D eigenvalue weighted by Gasteiger charge is -2.15. The van der Waals surface area contributed by atoms with Crippen LogP contribution in [-0.4, -0.2) is 6.04 Å². The first-order valence-corrected chi connectivity index (χ1v) is 6.14. The summed E-state index contributed by atoms with van der Waals surface area (Å²) in [6, 6.07) is 9.50. The highest BCUT2D eigenvalue weighted by atomic mass is 35.5. The molecule has 1 aromatic carbocycles. The fourth-order valence-corrected chi connectivity index (χ4v) is 2.12.